The lowest BCUT2D eigenvalue weighted by atomic mass is 10.1. The van der Waals surface area contributed by atoms with Crippen LogP contribution in [-0.2, 0) is 13.1 Å². The van der Waals surface area contributed by atoms with Crippen LogP contribution in [0.5, 0.6) is 0 Å². The van der Waals surface area contributed by atoms with Gasteiger partial charge in [-0.25, -0.2) is 0 Å². The van der Waals surface area contributed by atoms with Gasteiger partial charge in [0.15, 0.2) is 0 Å². The van der Waals surface area contributed by atoms with Gasteiger partial charge < -0.3 is 5.11 Å². The van der Waals surface area contributed by atoms with Crippen molar-refractivity contribution in [3.05, 3.63) is 52.8 Å². The molecule has 0 aliphatic carbocycles. The molecular weight excluding hydrogens is 274 g/mol. The molecule has 1 fully saturated rings. The first kappa shape index (κ1) is 15.3. The summed E-state index contributed by atoms with van der Waals surface area (Å²) in [5, 5.41) is 14.6. The third-order valence-corrected chi connectivity index (χ3v) is 4.57. The normalized spacial score (nSPS) is 19.5. The topological polar surface area (TPSA) is 41.3 Å². The first-order chi connectivity index (χ1) is 10.6. The van der Waals surface area contributed by atoms with Crippen LogP contribution in [0.25, 0.3) is 0 Å². The molecule has 1 unspecified atom stereocenters. The van der Waals surface area contributed by atoms with Crippen molar-refractivity contribution in [1.29, 1.82) is 0 Å². The summed E-state index contributed by atoms with van der Waals surface area (Å²) in [6.07, 6.45) is 1.84. The van der Waals surface area contributed by atoms with Crippen LogP contribution >= 0.6 is 0 Å². The molecule has 1 saturated heterocycles. The highest BCUT2D eigenvalue weighted by atomic mass is 16.3. The SMILES string of the molecule is Cc1nn(Cc2ccccc2)c(C)c1CN1CCCC(O)C1. The Morgan fingerprint density at radius 1 is 1.18 bits per heavy atom. The maximum Gasteiger partial charge on any atom is 0.0667 e. The smallest absolute Gasteiger partial charge is 0.0667 e. The summed E-state index contributed by atoms with van der Waals surface area (Å²) >= 11 is 0. The molecule has 4 nitrogen and oxygen atoms in total. The molecule has 1 atom stereocenters. The standard InChI is InChI=1S/C18H25N3O/c1-14-18(13-20-10-6-9-17(22)12-20)15(2)21(19-14)11-16-7-4-3-5-8-16/h3-5,7-8,17,22H,6,9-13H2,1-2H3. The molecule has 118 valence electrons. The van der Waals surface area contributed by atoms with Gasteiger partial charge in [-0.05, 0) is 38.8 Å². The van der Waals surface area contributed by atoms with E-state index < -0.39 is 0 Å². The van der Waals surface area contributed by atoms with E-state index in [9.17, 15) is 5.11 Å². The predicted octanol–water partition coefficient (Wildman–Crippen LogP) is 2.50. The third kappa shape index (κ3) is 3.39. The van der Waals surface area contributed by atoms with E-state index in [2.05, 4.69) is 47.7 Å². The average Bonchev–Trinajstić information content (AvgIpc) is 2.76. The number of β-amino-alcohol motifs (C(OH)–C–C–N with tert-alkyl or cyclic N) is 1. The summed E-state index contributed by atoms with van der Waals surface area (Å²) in [6, 6.07) is 10.4. The van der Waals surface area contributed by atoms with Crippen LogP contribution < -0.4 is 0 Å². The first-order valence-corrected chi connectivity index (χ1v) is 8.10. The fourth-order valence-corrected chi connectivity index (χ4v) is 3.27. The average molecular weight is 299 g/mol. The zero-order chi connectivity index (χ0) is 15.5. The molecule has 0 spiro atoms. The number of nitrogens with zero attached hydrogens (tertiary/aromatic N) is 3. The lowest BCUT2D eigenvalue weighted by Crippen LogP contribution is -2.37. The number of hydrogen-bond donors (Lipinski definition) is 1. The Labute approximate surface area is 132 Å². The van der Waals surface area contributed by atoms with Crippen molar-refractivity contribution in [2.75, 3.05) is 13.1 Å². The van der Waals surface area contributed by atoms with E-state index in [0.717, 1.165) is 44.7 Å². The minimum Gasteiger partial charge on any atom is -0.392 e. The second kappa shape index (κ2) is 6.63. The number of aliphatic hydroxyl groups is 1. The molecule has 0 radical (unpaired) electrons. The lowest BCUT2D eigenvalue weighted by Gasteiger charge is -2.30. The van der Waals surface area contributed by atoms with Crippen LogP contribution in [0.15, 0.2) is 30.3 Å². The maximum atomic E-state index is 9.83. The zero-order valence-corrected chi connectivity index (χ0v) is 13.5. The number of aliphatic hydroxyl groups excluding tert-OH is 1. The van der Waals surface area contributed by atoms with Crippen LogP contribution in [-0.4, -0.2) is 39.0 Å². The highest BCUT2D eigenvalue weighted by molar-refractivity contribution is 5.26. The number of likely N-dealkylation sites (tertiary alicyclic amines) is 1. The monoisotopic (exact) mass is 299 g/mol. The molecule has 0 bridgehead atoms. The van der Waals surface area contributed by atoms with Crippen LogP contribution in [0.2, 0.25) is 0 Å². The Morgan fingerprint density at radius 2 is 1.95 bits per heavy atom. The largest absolute Gasteiger partial charge is 0.392 e. The molecule has 3 rings (SSSR count). The number of aryl methyl sites for hydroxylation is 1. The minimum absolute atomic E-state index is 0.172. The molecule has 1 aromatic carbocycles. The molecule has 1 aliphatic heterocycles. The summed E-state index contributed by atoms with van der Waals surface area (Å²) in [5.74, 6) is 0. The van der Waals surface area contributed by atoms with Crippen molar-refractivity contribution in [3.63, 3.8) is 0 Å². The van der Waals surface area contributed by atoms with Gasteiger partial charge >= 0.3 is 0 Å². The van der Waals surface area contributed by atoms with Crippen LogP contribution in [0.4, 0.5) is 0 Å². The van der Waals surface area contributed by atoms with E-state index >= 15 is 0 Å². The van der Waals surface area contributed by atoms with Crippen LogP contribution in [0.3, 0.4) is 0 Å². The van der Waals surface area contributed by atoms with Crippen molar-refractivity contribution >= 4 is 0 Å². The second-order valence-electron chi connectivity index (χ2n) is 6.32. The Hall–Kier alpha value is -1.65. The number of hydrogen-bond acceptors (Lipinski definition) is 3. The third-order valence-electron chi connectivity index (χ3n) is 4.57. The van der Waals surface area contributed by atoms with E-state index in [0.29, 0.717) is 0 Å². The van der Waals surface area contributed by atoms with E-state index in [4.69, 9.17) is 5.10 Å². The summed E-state index contributed by atoms with van der Waals surface area (Å²) in [5.41, 5.74) is 4.92. The number of piperidine rings is 1. The Bertz CT molecular complexity index is 621. The van der Waals surface area contributed by atoms with Crippen molar-refractivity contribution in [2.24, 2.45) is 0 Å². The number of benzene rings is 1. The highest BCUT2D eigenvalue weighted by Gasteiger charge is 2.20. The Kier molecular flexibility index (Phi) is 4.60. The van der Waals surface area contributed by atoms with Crippen molar-refractivity contribution in [2.45, 2.75) is 45.9 Å². The van der Waals surface area contributed by atoms with E-state index in [1.54, 1.807) is 0 Å². The quantitative estimate of drug-likeness (QED) is 0.943. The molecule has 0 saturated carbocycles. The van der Waals surface area contributed by atoms with E-state index in [1.807, 2.05) is 6.07 Å². The highest BCUT2D eigenvalue weighted by Crippen LogP contribution is 2.19. The van der Waals surface area contributed by atoms with Gasteiger partial charge in [0.25, 0.3) is 0 Å². The lowest BCUT2D eigenvalue weighted by molar-refractivity contribution is 0.0666. The molecule has 0 amide bonds. The summed E-state index contributed by atoms with van der Waals surface area (Å²) in [7, 11) is 0. The minimum atomic E-state index is -0.172. The van der Waals surface area contributed by atoms with Gasteiger partial charge in [-0.15, -0.1) is 0 Å². The van der Waals surface area contributed by atoms with Gasteiger partial charge in [0.05, 0.1) is 18.3 Å². The fraction of sp³-hybridized carbons (Fsp3) is 0.500. The van der Waals surface area contributed by atoms with Gasteiger partial charge in [-0.1, -0.05) is 30.3 Å². The fourth-order valence-electron chi connectivity index (χ4n) is 3.27. The summed E-state index contributed by atoms with van der Waals surface area (Å²) in [4.78, 5) is 2.35. The van der Waals surface area contributed by atoms with Gasteiger partial charge in [0.1, 0.15) is 0 Å². The maximum absolute atomic E-state index is 9.83. The Balaban J connectivity index is 1.75. The van der Waals surface area contributed by atoms with Gasteiger partial charge in [-0.2, -0.15) is 5.10 Å². The Morgan fingerprint density at radius 3 is 2.68 bits per heavy atom. The van der Waals surface area contributed by atoms with Crippen LogP contribution in [0.1, 0.15) is 35.4 Å². The molecule has 4 heteroatoms. The zero-order valence-electron chi connectivity index (χ0n) is 13.5. The molecule has 1 aliphatic rings. The van der Waals surface area contributed by atoms with Gasteiger partial charge in [0.2, 0.25) is 0 Å². The second-order valence-corrected chi connectivity index (χ2v) is 6.32. The number of aromatic nitrogens is 2. The molecule has 22 heavy (non-hydrogen) atoms. The predicted molar refractivity (Wildman–Crippen MR) is 87.8 cm³/mol. The van der Waals surface area contributed by atoms with Gasteiger partial charge in [0, 0.05) is 24.3 Å². The van der Waals surface area contributed by atoms with E-state index in [-0.39, 0.29) is 6.10 Å². The number of rotatable bonds is 4. The molecule has 2 aromatic rings. The molecular formula is C18H25N3O. The summed E-state index contributed by atoms with van der Waals surface area (Å²) in [6.45, 7) is 7.80. The van der Waals surface area contributed by atoms with Crippen LogP contribution in [0, 0.1) is 13.8 Å². The van der Waals surface area contributed by atoms with Gasteiger partial charge in [-0.3, -0.25) is 9.58 Å². The van der Waals surface area contributed by atoms with E-state index in [1.165, 1.54) is 16.8 Å². The molecule has 1 N–H and O–H groups in total. The first-order valence-electron chi connectivity index (χ1n) is 8.10. The molecule has 1 aromatic heterocycles. The van der Waals surface area contributed by atoms with Crippen molar-refractivity contribution < 1.29 is 5.11 Å². The van der Waals surface area contributed by atoms with Crippen molar-refractivity contribution in [3.8, 4) is 0 Å². The molecule has 2 heterocycles. The summed E-state index contributed by atoms with van der Waals surface area (Å²) < 4.78 is 2.10. The van der Waals surface area contributed by atoms with Crippen molar-refractivity contribution in [1.82, 2.24) is 14.7 Å².